The standard InChI is InChI=1S/C18H30N2O/c1-3-11-19-15(2)18-6-4-5-12-20(18)13-16-7-9-17(14-21)10-8-16/h7-10,15,18-19,21H,3-6,11-14H2,1-2H3. The smallest absolute Gasteiger partial charge is 0.0681 e. The van der Waals surface area contributed by atoms with Crippen molar-refractivity contribution >= 4 is 0 Å². The second-order valence-corrected chi connectivity index (χ2v) is 6.25. The van der Waals surface area contributed by atoms with Crippen LogP contribution in [0, 0.1) is 0 Å². The molecule has 21 heavy (non-hydrogen) atoms. The Hall–Kier alpha value is -0.900. The van der Waals surface area contributed by atoms with Crippen molar-refractivity contribution in [2.24, 2.45) is 0 Å². The van der Waals surface area contributed by atoms with Gasteiger partial charge in [0.15, 0.2) is 0 Å². The second-order valence-electron chi connectivity index (χ2n) is 6.25. The fourth-order valence-electron chi connectivity index (χ4n) is 3.27. The summed E-state index contributed by atoms with van der Waals surface area (Å²) in [6.45, 7) is 8.01. The number of rotatable bonds is 7. The quantitative estimate of drug-likeness (QED) is 0.810. The summed E-state index contributed by atoms with van der Waals surface area (Å²) in [5.74, 6) is 0. The molecule has 0 aromatic heterocycles. The van der Waals surface area contributed by atoms with E-state index >= 15 is 0 Å². The minimum absolute atomic E-state index is 0.130. The van der Waals surface area contributed by atoms with Gasteiger partial charge >= 0.3 is 0 Å². The number of aliphatic hydroxyl groups excluding tert-OH is 1. The van der Waals surface area contributed by atoms with E-state index in [1.807, 2.05) is 12.1 Å². The molecule has 0 spiro atoms. The molecule has 0 amide bonds. The lowest BCUT2D eigenvalue weighted by atomic mass is 9.95. The Kier molecular flexibility index (Phi) is 6.68. The van der Waals surface area contributed by atoms with E-state index in [2.05, 4.69) is 36.2 Å². The normalized spacial score (nSPS) is 21.4. The highest BCUT2D eigenvalue weighted by Crippen LogP contribution is 2.22. The molecule has 2 N–H and O–H groups in total. The van der Waals surface area contributed by atoms with E-state index in [0.717, 1.165) is 18.7 Å². The van der Waals surface area contributed by atoms with Gasteiger partial charge in [0.25, 0.3) is 0 Å². The summed E-state index contributed by atoms with van der Waals surface area (Å²) >= 11 is 0. The topological polar surface area (TPSA) is 35.5 Å². The third-order valence-electron chi connectivity index (χ3n) is 4.55. The van der Waals surface area contributed by atoms with Crippen LogP contribution < -0.4 is 5.32 Å². The van der Waals surface area contributed by atoms with Gasteiger partial charge in [0.2, 0.25) is 0 Å². The van der Waals surface area contributed by atoms with Gasteiger partial charge in [0.05, 0.1) is 6.61 Å². The Morgan fingerprint density at radius 3 is 2.62 bits per heavy atom. The van der Waals surface area contributed by atoms with Crippen molar-refractivity contribution in [2.45, 2.75) is 64.8 Å². The zero-order chi connectivity index (χ0) is 15.1. The summed E-state index contributed by atoms with van der Waals surface area (Å²) in [6.07, 6.45) is 5.15. The van der Waals surface area contributed by atoms with Crippen LogP contribution in [0.1, 0.15) is 50.7 Å². The van der Waals surface area contributed by atoms with Crippen LogP contribution >= 0.6 is 0 Å². The van der Waals surface area contributed by atoms with Crippen molar-refractivity contribution < 1.29 is 5.11 Å². The first-order valence-electron chi connectivity index (χ1n) is 8.40. The lowest BCUT2D eigenvalue weighted by molar-refractivity contribution is 0.112. The van der Waals surface area contributed by atoms with Crippen LogP contribution in [0.2, 0.25) is 0 Å². The van der Waals surface area contributed by atoms with E-state index in [9.17, 15) is 0 Å². The van der Waals surface area contributed by atoms with E-state index in [0.29, 0.717) is 12.1 Å². The highest BCUT2D eigenvalue weighted by atomic mass is 16.3. The molecule has 0 aliphatic carbocycles. The number of piperidine rings is 1. The van der Waals surface area contributed by atoms with Crippen LogP contribution in [0.15, 0.2) is 24.3 Å². The molecule has 1 aromatic carbocycles. The maximum Gasteiger partial charge on any atom is 0.0681 e. The van der Waals surface area contributed by atoms with Gasteiger partial charge in [-0.3, -0.25) is 4.90 Å². The number of nitrogens with one attached hydrogen (secondary N) is 1. The number of aliphatic hydroxyl groups is 1. The van der Waals surface area contributed by atoms with Crippen molar-refractivity contribution in [2.75, 3.05) is 13.1 Å². The summed E-state index contributed by atoms with van der Waals surface area (Å²) in [5.41, 5.74) is 2.34. The summed E-state index contributed by atoms with van der Waals surface area (Å²) in [4.78, 5) is 2.63. The summed E-state index contributed by atoms with van der Waals surface area (Å²) in [5, 5.41) is 12.8. The Morgan fingerprint density at radius 2 is 1.95 bits per heavy atom. The molecular formula is C18H30N2O. The van der Waals surface area contributed by atoms with Gasteiger partial charge in [0.1, 0.15) is 0 Å². The van der Waals surface area contributed by atoms with Crippen molar-refractivity contribution in [1.82, 2.24) is 10.2 Å². The highest BCUT2D eigenvalue weighted by molar-refractivity contribution is 5.22. The molecule has 1 fully saturated rings. The first kappa shape index (κ1) is 16.5. The molecule has 1 aromatic rings. The van der Waals surface area contributed by atoms with Crippen LogP contribution in [-0.2, 0) is 13.2 Å². The molecule has 2 rings (SSSR count). The number of likely N-dealkylation sites (tertiary alicyclic amines) is 1. The first-order valence-corrected chi connectivity index (χ1v) is 8.40. The van der Waals surface area contributed by atoms with Crippen LogP contribution in [0.5, 0.6) is 0 Å². The molecule has 1 heterocycles. The highest BCUT2D eigenvalue weighted by Gasteiger charge is 2.26. The number of nitrogens with zero attached hydrogens (tertiary/aromatic N) is 1. The van der Waals surface area contributed by atoms with Gasteiger partial charge in [-0.2, -0.15) is 0 Å². The van der Waals surface area contributed by atoms with E-state index in [4.69, 9.17) is 5.11 Å². The average Bonchev–Trinajstić information content (AvgIpc) is 2.54. The minimum Gasteiger partial charge on any atom is -0.392 e. The van der Waals surface area contributed by atoms with Crippen LogP contribution in [-0.4, -0.2) is 35.2 Å². The van der Waals surface area contributed by atoms with Gasteiger partial charge in [-0.15, -0.1) is 0 Å². The zero-order valence-corrected chi connectivity index (χ0v) is 13.5. The largest absolute Gasteiger partial charge is 0.392 e. The van der Waals surface area contributed by atoms with Crippen molar-refractivity contribution in [3.8, 4) is 0 Å². The zero-order valence-electron chi connectivity index (χ0n) is 13.5. The number of hydrogen-bond donors (Lipinski definition) is 2. The van der Waals surface area contributed by atoms with Gasteiger partial charge in [-0.1, -0.05) is 37.6 Å². The van der Waals surface area contributed by atoms with Crippen molar-refractivity contribution in [1.29, 1.82) is 0 Å². The summed E-state index contributed by atoms with van der Waals surface area (Å²) < 4.78 is 0. The van der Waals surface area contributed by atoms with Crippen LogP contribution in [0.4, 0.5) is 0 Å². The maximum absolute atomic E-state index is 9.13. The van der Waals surface area contributed by atoms with Gasteiger partial charge in [-0.25, -0.2) is 0 Å². The SMILES string of the molecule is CCCNC(C)C1CCCCN1Cc1ccc(CO)cc1. The molecule has 0 saturated carbocycles. The summed E-state index contributed by atoms with van der Waals surface area (Å²) in [7, 11) is 0. The van der Waals surface area contributed by atoms with E-state index in [1.54, 1.807) is 0 Å². The van der Waals surface area contributed by atoms with E-state index in [-0.39, 0.29) is 6.61 Å². The number of hydrogen-bond acceptors (Lipinski definition) is 3. The lowest BCUT2D eigenvalue weighted by Gasteiger charge is -2.39. The Morgan fingerprint density at radius 1 is 1.24 bits per heavy atom. The van der Waals surface area contributed by atoms with Gasteiger partial charge in [-0.05, 0) is 50.4 Å². The average molecular weight is 290 g/mol. The Bertz CT molecular complexity index is 404. The fraction of sp³-hybridized carbons (Fsp3) is 0.667. The predicted octanol–water partition coefficient (Wildman–Crippen LogP) is 2.92. The second kappa shape index (κ2) is 8.52. The molecule has 1 saturated heterocycles. The predicted molar refractivity (Wildman–Crippen MR) is 88.2 cm³/mol. The Labute approximate surface area is 129 Å². The maximum atomic E-state index is 9.13. The van der Waals surface area contributed by atoms with Crippen LogP contribution in [0.25, 0.3) is 0 Å². The van der Waals surface area contributed by atoms with Gasteiger partial charge < -0.3 is 10.4 Å². The van der Waals surface area contributed by atoms with Gasteiger partial charge in [0, 0.05) is 18.6 Å². The molecule has 2 atom stereocenters. The summed E-state index contributed by atoms with van der Waals surface area (Å²) in [6, 6.07) is 9.58. The molecule has 3 heteroatoms. The third kappa shape index (κ3) is 4.80. The van der Waals surface area contributed by atoms with Crippen LogP contribution in [0.3, 0.4) is 0 Å². The van der Waals surface area contributed by atoms with E-state index in [1.165, 1.54) is 37.8 Å². The van der Waals surface area contributed by atoms with Crippen molar-refractivity contribution in [3.05, 3.63) is 35.4 Å². The molecule has 0 radical (unpaired) electrons. The molecule has 1 aliphatic rings. The fourth-order valence-corrected chi connectivity index (χ4v) is 3.27. The molecule has 0 bridgehead atoms. The molecule has 3 nitrogen and oxygen atoms in total. The monoisotopic (exact) mass is 290 g/mol. The molecule has 2 unspecified atom stereocenters. The third-order valence-corrected chi connectivity index (χ3v) is 4.55. The van der Waals surface area contributed by atoms with E-state index < -0.39 is 0 Å². The first-order chi connectivity index (χ1) is 10.2. The Balaban J connectivity index is 1.97. The molecular weight excluding hydrogens is 260 g/mol. The molecule has 1 aliphatic heterocycles. The lowest BCUT2D eigenvalue weighted by Crippen LogP contribution is -2.50. The molecule has 118 valence electrons. The number of benzene rings is 1. The minimum atomic E-state index is 0.130. The van der Waals surface area contributed by atoms with Crippen molar-refractivity contribution in [3.63, 3.8) is 0 Å².